The second kappa shape index (κ2) is 9.69. The third-order valence-electron chi connectivity index (χ3n) is 5.39. The number of carbonyl (C=O) groups excluding carboxylic acids is 2. The number of piperidine rings is 1. The Kier molecular flexibility index (Phi) is 7.04. The van der Waals surface area contributed by atoms with Crippen molar-refractivity contribution in [3.63, 3.8) is 0 Å². The molecule has 2 saturated heterocycles. The van der Waals surface area contributed by atoms with Gasteiger partial charge in [-0.2, -0.15) is 0 Å². The fourth-order valence-electron chi connectivity index (χ4n) is 3.63. The van der Waals surface area contributed by atoms with E-state index >= 15 is 0 Å². The van der Waals surface area contributed by atoms with Gasteiger partial charge in [0.25, 0.3) is 5.91 Å². The Morgan fingerprint density at radius 2 is 1.59 bits per heavy atom. The summed E-state index contributed by atoms with van der Waals surface area (Å²) in [4.78, 5) is 28.3. The molecule has 2 amide bonds. The van der Waals surface area contributed by atoms with E-state index in [-0.39, 0.29) is 24.2 Å². The molecule has 3 rings (SSSR count). The highest BCUT2D eigenvalue weighted by molar-refractivity contribution is 5.79. The zero-order valence-electron chi connectivity index (χ0n) is 15.7. The summed E-state index contributed by atoms with van der Waals surface area (Å²) in [5.74, 6) is 0.872. The molecule has 6 nitrogen and oxygen atoms in total. The molecule has 0 unspecified atom stereocenters. The van der Waals surface area contributed by atoms with Crippen molar-refractivity contribution >= 4 is 11.8 Å². The van der Waals surface area contributed by atoms with Crippen molar-refractivity contribution in [2.45, 2.75) is 25.7 Å². The second-order valence-corrected chi connectivity index (χ2v) is 7.24. The van der Waals surface area contributed by atoms with Crippen LogP contribution in [0.4, 0.5) is 4.39 Å². The lowest BCUT2D eigenvalue weighted by molar-refractivity contribution is -0.140. The molecule has 1 aromatic carbocycles. The summed E-state index contributed by atoms with van der Waals surface area (Å²) in [6, 6.07) is 5.60. The van der Waals surface area contributed by atoms with Crippen LogP contribution in [0, 0.1) is 11.7 Å². The molecule has 1 N–H and O–H groups in total. The largest absolute Gasteiger partial charge is 0.484 e. The molecule has 0 saturated carbocycles. The molecule has 0 atom stereocenters. The molecular formula is C20H28FN3O3. The van der Waals surface area contributed by atoms with Crippen molar-refractivity contribution in [1.82, 2.24) is 15.1 Å². The molecule has 7 heteroatoms. The van der Waals surface area contributed by atoms with Crippen LogP contribution in [0.3, 0.4) is 0 Å². The average Bonchev–Trinajstić information content (AvgIpc) is 2.72. The second-order valence-electron chi connectivity index (χ2n) is 7.24. The minimum Gasteiger partial charge on any atom is -0.484 e. The number of benzene rings is 1. The van der Waals surface area contributed by atoms with E-state index in [1.807, 2.05) is 4.90 Å². The fraction of sp³-hybridized carbons (Fsp3) is 0.600. The van der Waals surface area contributed by atoms with E-state index in [2.05, 4.69) is 5.32 Å². The Balaban J connectivity index is 1.35. The SMILES string of the molecule is O=C(CCC1CCNCC1)N1CCN(C(=O)COc2ccc(F)cc2)CC1. The van der Waals surface area contributed by atoms with Gasteiger partial charge in [0.05, 0.1) is 0 Å². The number of ether oxygens (including phenoxy) is 1. The molecular weight excluding hydrogens is 349 g/mol. The van der Waals surface area contributed by atoms with Gasteiger partial charge < -0.3 is 19.9 Å². The summed E-state index contributed by atoms with van der Waals surface area (Å²) in [6.45, 7) is 4.25. The van der Waals surface area contributed by atoms with Crippen LogP contribution in [-0.2, 0) is 9.59 Å². The van der Waals surface area contributed by atoms with Gasteiger partial charge in [0.1, 0.15) is 11.6 Å². The predicted molar refractivity (Wildman–Crippen MR) is 99.9 cm³/mol. The number of hydrogen-bond donors (Lipinski definition) is 1. The van der Waals surface area contributed by atoms with Crippen molar-refractivity contribution in [3.8, 4) is 5.75 Å². The zero-order valence-corrected chi connectivity index (χ0v) is 15.7. The molecule has 0 aliphatic carbocycles. The standard InChI is InChI=1S/C20H28FN3O3/c21-17-2-4-18(5-3-17)27-15-20(26)24-13-11-23(12-14-24)19(25)6-1-16-7-9-22-10-8-16/h2-5,16,22H,1,6-15H2. The lowest BCUT2D eigenvalue weighted by atomic mass is 9.93. The Morgan fingerprint density at radius 3 is 2.22 bits per heavy atom. The van der Waals surface area contributed by atoms with Gasteiger partial charge in [0, 0.05) is 32.6 Å². The molecule has 1 aromatic rings. The number of halogens is 1. The molecule has 2 aliphatic heterocycles. The number of carbonyl (C=O) groups is 2. The van der Waals surface area contributed by atoms with E-state index in [0.29, 0.717) is 44.3 Å². The first kappa shape index (κ1) is 19.6. The summed E-state index contributed by atoms with van der Waals surface area (Å²) in [5, 5.41) is 3.34. The molecule has 0 bridgehead atoms. The van der Waals surface area contributed by atoms with Crippen molar-refractivity contribution < 1.29 is 18.7 Å². The van der Waals surface area contributed by atoms with Gasteiger partial charge in [-0.3, -0.25) is 9.59 Å². The highest BCUT2D eigenvalue weighted by atomic mass is 19.1. The summed E-state index contributed by atoms with van der Waals surface area (Å²) in [6.07, 6.45) is 3.88. The van der Waals surface area contributed by atoms with Crippen LogP contribution in [0.15, 0.2) is 24.3 Å². The van der Waals surface area contributed by atoms with Gasteiger partial charge in [0.15, 0.2) is 6.61 Å². The van der Waals surface area contributed by atoms with E-state index in [9.17, 15) is 14.0 Å². The normalized spacial score (nSPS) is 18.4. The first-order valence-corrected chi connectivity index (χ1v) is 9.76. The zero-order chi connectivity index (χ0) is 19.1. The van der Waals surface area contributed by atoms with Crippen LogP contribution in [0.1, 0.15) is 25.7 Å². The third-order valence-corrected chi connectivity index (χ3v) is 5.39. The molecule has 148 valence electrons. The average molecular weight is 377 g/mol. The van der Waals surface area contributed by atoms with Gasteiger partial charge in [-0.1, -0.05) is 0 Å². The summed E-state index contributed by atoms with van der Waals surface area (Å²) >= 11 is 0. The van der Waals surface area contributed by atoms with Crippen LogP contribution in [-0.4, -0.2) is 67.5 Å². The third kappa shape index (κ3) is 5.92. The maximum atomic E-state index is 12.9. The van der Waals surface area contributed by atoms with Crippen LogP contribution in [0.2, 0.25) is 0 Å². The van der Waals surface area contributed by atoms with E-state index in [4.69, 9.17) is 4.74 Å². The van der Waals surface area contributed by atoms with Crippen LogP contribution in [0.5, 0.6) is 5.75 Å². The van der Waals surface area contributed by atoms with Gasteiger partial charge in [0.2, 0.25) is 5.91 Å². The maximum absolute atomic E-state index is 12.9. The van der Waals surface area contributed by atoms with E-state index in [1.54, 1.807) is 4.90 Å². The summed E-state index contributed by atoms with van der Waals surface area (Å²) < 4.78 is 18.3. The molecule has 2 fully saturated rings. The van der Waals surface area contributed by atoms with E-state index in [0.717, 1.165) is 32.4 Å². The van der Waals surface area contributed by atoms with Crippen molar-refractivity contribution in [1.29, 1.82) is 0 Å². The van der Waals surface area contributed by atoms with Crippen molar-refractivity contribution in [3.05, 3.63) is 30.1 Å². The van der Waals surface area contributed by atoms with E-state index in [1.165, 1.54) is 24.3 Å². The number of amides is 2. The number of hydrogen-bond acceptors (Lipinski definition) is 4. The lowest BCUT2D eigenvalue weighted by Crippen LogP contribution is -2.51. The van der Waals surface area contributed by atoms with Crippen molar-refractivity contribution in [2.75, 3.05) is 45.9 Å². The van der Waals surface area contributed by atoms with Gasteiger partial charge in [-0.25, -0.2) is 4.39 Å². The Hall–Kier alpha value is -2.15. The Bertz CT molecular complexity index is 624. The summed E-state index contributed by atoms with van der Waals surface area (Å²) in [7, 11) is 0. The molecule has 0 aromatic heterocycles. The first-order chi connectivity index (χ1) is 13.1. The predicted octanol–water partition coefficient (Wildman–Crippen LogP) is 1.66. The van der Waals surface area contributed by atoms with Gasteiger partial charge in [-0.05, 0) is 62.5 Å². The number of nitrogens with zero attached hydrogens (tertiary/aromatic N) is 2. The molecule has 0 radical (unpaired) electrons. The topological polar surface area (TPSA) is 61.9 Å². The Labute approximate surface area is 159 Å². The smallest absolute Gasteiger partial charge is 0.260 e. The Morgan fingerprint density at radius 1 is 1.00 bits per heavy atom. The first-order valence-electron chi connectivity index (χ1n) is 9.76. The maximum Gasteiger partial charge on any atom is 0.260 e. The van der Waals surface area contributed by atoms with Crippen LogP contribution >= 0.6 is 0 Å². The van der Waals surface area contributed by atoms with Crippen molar-refractivity contribution in [2.24, 2.45) is 5.92 Å². The van der Waals surface area contributed by atoms with Gasteiger partial charge >= 0.3 is 0 Å². The lowest BCUT2D eigenvalue weighted by Gasteiger charge is -2.35. The molecule has 27 heavy (non-hydrogen) atoms. The highest BCUT2D eigenvalue weighted by Gasteiger charge is 2.25. The minimum atomic E-state index is -0.338. The van der Waals surface area contributed by atoms with Crippen LogP contribution < -0.4 is 10.1 Å². The van der Waals surface area contributed by atoms with E-state index < -0.39 is 0 Å². The molecule has 2 heterocycles. The number of rotatable bonds is 6. The molecule has 0 spiro atoms. The van der Waals surface area contributed by atoms with Gasteiger partial charge in [-0.15, -0.1) is 0 Å². The number of nitrogens with one attached hydrogen (secondary N) is 1. The minimum absolute atomic E-state index is 0.0741. The number of piperazine rings is 1. The fourth-order valence-corrected chi connectivity index (χ4v) is 3.63. The monoisotopic (exact) mass is 377 g/mol. The van der Waals surface area contributed by atoms with Crippen LogP contribution in [0.25, 0.3) is 0 Å². The molecule has 2 aliphatic rings. The highest BCUT2D eigenvalue weighted by Crippen LogP contribution is 2.19. The summed E-state index contributed by atoms with van der Waals surface area (Å²) in [5.41, 5.74) is 0. The quantitative estimate of drug-likeness (QED) is 0.819.